The van der Waals surface area contributed by atoms with E-state index < -0.39 is 0 Å². The summed E-state index contributed by atoms with van der Waals surface area (Å²) in [6.45, 7) is 5.89. The molecule has 0 bridgehead atoms. The zero-order chi connectivity index (χ0) is 14.9. The van der Waals surface area contributed by atoms with Crippen LogP contribution in [0.25, 0.3) is 0 Å². The fourth-order valence-corrected chi connectivity index (χ4v) is 2.41. The normalized spacial score (nSPS) is 12.9. The Kier molecular flexibility index (Phi) is 16.0. The average Bonchev–Trinajstić information content (AvgIpc) is 2.47. The predicted molar refractivity (Wildman–Crippen MR) is 87.9 cm³/mol. The number of allylic oxidation sites excluding steroid dienone is 3. The lowest BCUT2D eigenvalue weighted by Gasteiger charge is -2.12. The van der Waals surface area contributed by atoms with E-state index >= 15 is 0 Å². The first-order valence-electron chi connectivity index (χ1n) is 8.43. The molecule has 0 radical (unpaired) electrons. The van der Waals surface area contributed by atoms with Gasteiger partial charge in [0.1, 0.15) is 0 Å². The van der Waals surface area contributed by atoms with Crippen LogP contribution in [0.2, 0.25) is 0 Å². The highest BCUT2D eigenvalue weighted by molar-refractivity contribution is 4.96. The van der Waals surface area contributed by atoms with E-state index in [2.05, 4.69) is 24.5 Å². The quantitative estimate of drug-likeness (QED) is 0.165. The third-order valence-electron chi connectivity index (χ3n) is 3.70. The predicted octanol–water partition coefficient (Wildman–Crippen LogP) is 6.29. The lowest BCUT2D eigenvalue weighted by atomic mass is 10.0. The summed E-state index contributed by atoms with van der Waals surface area (Å²) >= 11 is 0. The molecule has 2 heteroatoms. The van der Waals surface area contributed by atoms with Crippen LogP contribution in [0.15, 0.2) is 24.8 Å². The molecule has 1 atom stereocenters. The van der Waals surface area contributed by atoms with Crippen molar-refractivity contribution in [2.45, 2.75) is 90.1 Å². The van der Waals surface area contributed by atoms with Gasteiger partial charge in [-0.2, -0.15) is 0 Å². The van der Waals surface area contributed by atoms with Crippen LogP contribution in [-0.4, -0.2) is 11.4 Å². The van der Waals surface area contributed by atoms with Gasteiger partial charge < -0.3 is 0 Å². The molecule has 0 aliphatic rings. The van der Waals surface area contributed by atoms with Crippen molar-refractivity contribution >= 4 is 0 Å². The van der Waals surface area contributed by atoms with Gasteiger partial charge in [-0.1, -0.05) is 83.1 Å². The molecule has 118 valence electrons. The topological polar surface area (TPSA) is 29.5 Å². The molecule has 0 amide bonds. The highest BCUT2D eigenvalue weighted by Crippen LogP contribution is 2.15. The van der Waals surface area contributed by atoms with Gasteiger partial charge in [-0.25, -0.2) is 4.89 Å². The van der Waals surface area contributed by atoms with E-state index in [0.29, 0.717) is 0 Å². The molecule has 0 saturated carbocycles. The fraction of sp³-hybridized carbons (Fsp3) is 0.778. The summed E-state index contributed by atoms with van der Waals surface area (Å²) in [6, 6.07) is 0. The second kappa shape index (κ2) is 16.5. The Morgan fingerprint density at radius 2 is 1.55 bits per heavy atom. The van der Waals surface area contributed by atoms with Gasteiger partial charge in [0.15, 0.2) is 0 Å². The Morgan fingerprint density at radius 3 is 2.15 bits per heavy atom. The zero-order valence-electron chi connectivity index (χ0n) is 13.4. The van der Waals surface area contributed by atoms with Crippen molar-refractivity contribution in [3.63, 3.8) is 0 Å². The largest absolute Gasteiger partial charge is 0.252 e. The molecule has 0 heterocycles. The van der Waals surface area contributed by atoms with Crippen LogP contribution in [0.5, 0.6) is 0 Å². The highest BCUT2D eigenvalue weighted by Gasteiger charge is 2.08. The van der Waals surface area contributed by atoms with Crippen molar-refractivity contribution in [1.29, 1.82) is 0 Å². The summed E-state index contributed by atoms with van der Waals surface area (Å²) in [7, 11) is 0. The second-order valence-electron chi connectivity index (χ2n) is 5.59. The Labute approximate surface area is 125 Å². The molecule has 0 rings (SSSR count). The third-order valence-corrected chi connectivity index (χ3v) is 3.70. The first-order valence-corrected chi connectivity index (χ1v) is 8.43. The maximum Gasteiger partial charge on any atom is 0.0927 e. The van der Waals surface area contributed by atoms with E-state index in [4.69, 9.17) is 5.26 Å². The summed E-state index contributed by atoms with van der Waals surface area (Å²) < 4.78 is 0. The second-order valence-corrected chi connectivity index (χ2v) is 5.59. The molecule has 0 aromatic rings. The Hall–Kier alpha value is -0.600. The smallest absolute Gasteiger partial charge is 0.0927 e. The van der Waals surface area contributed by atoms with Crippen molar-refractivity contribution in [2.75, 3.05) is 0 Å². The Morgan fingerprint density at radius 1 is 0.950 bits per heavy atom. The molecule has 1 unspecified atom stereocenters. The van der Waals surface area contributed by atoms with E-state index in [0.717, 1.165) is 32.1 Å². The minimum absolute atomic E-state index is 0.0361. The van der Waals surface area contributed by atoms with Gasteiger partial charge in [0.05, 0.1) is 6.10 Å². The zero-order valence-corrected chi connectivity index (χ0v) is 13.4. The van der Waals surface area contributed by atoms with Crippen LogP contribution in [0.3, 0.4) is 0 Å². The van der Waals surface area contributed by atoms with Gasteiger partial charge in [0.25, 0.3) is 0 Å². The molecule has 0 fully saturated rings. The lowest BCUT2D eigenvalue weighted by molar-refractivity contribution is -0.281. The number of rotatable bonds is 15. The van der Waals surface area contributed by atoms with Crippen LogP contribution in [0.1, 0.15) is 84.0 Å². The van der Waals surface area contributed by atoms with Gasteiger partial charge in [-0.3, -0.25) is 5.26 Å². The molecule has 0 aliphatic carbocycles. The third kappa shape index (κ3) is 13.8. The standard InChI is InChI=1S/C18H34O2/c1-3-5-7-9-11-13-15-17-18(20-19)16-14-12-10-8-6-4-2/h4,6,8,18-19H,2-3,5,7,9-17H2,1H3. The van der Waals surface area contributed by atoms with E-state index in [9.17, 15) is 0 Å². The van der Waals surface area contributed by atoms with Gasteiger partial charge in [-0.15, -0.1) is 0 Å². The monoisotopic (exact) mass is 282 g/mol. The molecular formula is C18H34O2. The first-order chi connectivity index (χ1) is 9.85. The van der Waals surface area contributed by atoms with Crippen LogP contribution in [-0.2, 0) is 4.89 Å². The minimum atomic E-state index is 0.0361. The maximum atomic E-state index is 8.91. The van der Waals surface area contributed by atoms with Crippen molar-refractivity contribution in [3.8, 4) is 0 Å². The summed E-state index contributed by atoms with van der Waals surface area (Å²) in [4.78, 5) is 4.59. The number of unbranched alkanes of at least 4 members (excludes halogenated alkanes) is 8. The van der Waals surface area contributed by atoms with E-state index in [1.807, 2.05) is 6.08 Å². The van der Waals surface area contributed by atoms with E-state index in [-0.39, 0.29) is 6.10 Å². The van der Waals surface area contributed by atoms with Crippen molar-refractivity contribution in [3.05, 3.63) is 24.8 Å². The van der Waals surface area contributed by atoms with E-state index in [1.54, 1.807) is 6.08 Å². The maximum absolute atomic E-state index is 8.91. The molecule has 20 heavy (non-hydrogen) atoms. The average molecular weight is 282 g/mol. The summed E-state index contributed by atoms with van der Waals surface area (Å²) in [5.74, 6) is 0. The van der Waals surface area contributed by atoms with Crippen molar-refractivity contribution < 1.29 is 10.1 Å². The molecule has 0 aromatic carbocycles. The molecule has 2 nitrogen and oxygen atoms in total. The molecule has 0 spiro atoms. The summed E-state index contributed by atoms with van der Waals surface area (Å²) in [6.07, 6.45) is 20.4. The molecule has 0 aliphatic heterocycles. The summed E-state index contributed by atoms with van der Waals surface area (Å²) in [5, 5.41) is 8.91. The van der Waals surface area contributed by atoms with Crippen LogP contribution >= 0.6 is 0 Å². The highest BCUT2D eigenvalue weighted by atomic mass is 17.1. The Bertz CT molecular complexity index is 223. The Balaban J connectivity index is 3.37. The van der Waals surface area contributed by atoms with Crippen LogP contribution in [0, 0.1) is 0 Å². The lowest BCUT2D eigenvalue weighted by Crippen LogP contribution is -2.10. The van der Waals surface area contributed by atoms with Crippen LogP contribution in [0.4, 0.5) is 0 Å². The molecule has 0 aromatic heterocycles. The molecule has 1 N–H and O–H groups in total. The van der Waals surface area contributed by atoms with Gasteiger partial charge in [-0.05, 0) is 25.7 Å². The SMILES string of the molecule is C=CC=CCCCCC(CCCCCCCCC)OO. The van der Waals surface area contributed by atoms with Gasteiger partial charge in [0.2, 0.25) is 0 Å². The molecular weight excluding hydrogens is 248 g/mol. The number of hydrogen-bond acceptors (Lipinski definition) is 2. The van der Waals surface area contributed by atoms with Crippen LogP contribution < -0.4 is 0 Å². The fourth-order valence-electron chi connectivity index (χ4n) is 2.41. The molecule has 0 saturated heterocycles. The van der Waals surface area contributed by atoms with Gasteiger partial charge in [0, 0.05) is 0 Å². The van der Waals surface area contributed by atoms with Crippen molar-refractivity contribution in [2.24, 2.45) is 0 Å². The summed E-state index contributed by atoms with van der Waals surface area (Å²) in [5.41, 5.74) is 0. The number of hydrogen-bond donors (Lipinski definition) is 1. The minimum Gasteiger partial charge on any atom is -0.252 e. The first kappa shape index (κ1) is 19.4. The van der Waals surface area contributed by atoms with E-state index in [1.165, 1.54) is 44.9 Å². The van der Waals surface area contributed by atoms with Crippen molar-refractivity contribution in [1.82, 2.24) is 0 Å². The van der Waals surface area contributed by atoms with Gasteiger partial charge >= 0.3 is 0 Å².